The lowest BCUT2D eigenvalue weighted by Crippen LogP contribution is -2.73. The Morgan fingerprint density at radius 2 is 1.54 bits per heavy atom. The van der Waals surface area contributed by atoms with E-state index < -0.39 is 40.2 Å². The highest BCUT2D eigenvalue weighted by Crippen LogP contribution is 2.37. The van der Waals surface area contributed by atoms with Crippen molar-refractivity contribution < 1.29 is 23.3 Å². The average molecular weight is 561 g/mol. The summed E-state index contributed by atoms with van der Waals surface area (Å²) in [5, 5.41) is 1.92. The van der Waals surface area contributed by atoms with Crippen LogP contribution >= 0.6 is 11.8 Å². The Morgan fingerprint density at radius 3 is 2.10 bits per heavy atom. The molecule has 5 rings (SSSR count). The van der Waals surface area contributed by atoms with Gasteiger partial charge in [-0.25, -0.2) is 4.79 Å². The first-order chi connectivity index (χ1) is 19.0. The van der Waals surface area contributed by atoms with Gasteiger partial charge in [-0.1, -0.05) is 91.0 Å². The maximum atomic E-state index is 13.8. The van der Waals surface area contributed by atoms with Gasteiger partial charge >= 0.3 is 5.97 Å². The number of carbonyl (C=O) groups is 3. The van der Waals surface area contributed by atoms with Crippen LogP contribution in [0.5, 0.6) is 0 Å². The molecule has 9 heteroatoms. The second-order valence-corrected chi connectivity index (χ2v) is 11.7. The van der Waals surface area contributed by atoms with Gasteiger partial charge in [0.05, 0.1) is 23.0 Å². The van der Waals surface area contributed by atoms with Gasteiger partial charge in [0.15, 0.2) is 6.10 Å². The lowest BCUT2D eigenvalue weighted by molar-refractivity contribution is -0.154. The van der Waals surface area contributed by atoms with Gasteiger partial charge in [0.1, 0.15) is 17.1 Å². The average Bonchev–Trinajstić information content (AvgIpc) is 2.96. The van der Waals surface area contributed by atoms with Crippen molar-refractivity contribution in [3.05, 3.63) is 119 Å². The summed E-state index contributed by atoms with van der Waals surface area (Å²) >= 11 is 1.48. The number of hydrogen-bond donors (Lipinski definition) is 1. The van der Waals surface area contributed by atoms with Crippen molar-refractivity contribution in [2.45, 2.75) is 23.9 Å². The van der Waals surface area contributed by atoms with Crippen LogP contribution in [-0.4, -0.2) is 56.1 Å². The molecule has 0 radical (unpaired) electrons. The van der Waals surface area contributed by atoms with E-state index in [1.807, 2.05) is 97.3 Å². The Hall–Kier alpha value is -3.69. The zero-order valence-corrected chi connectivity index (χ0v) is 23.0. The van der Waals surface area contributed by atoms with E-state index in [0.717, 1.165) is 16.7 Å². The van der Waals surface area contributed by atoms with E-state index in [0.29, 0.717) is 11.3 Å². The number of ether oxygens (including phenoxy) is 1. The van der Waals surface area contributed by atoms with Crippen LogP contribution < -0.4 is 5.32 Å². The van der Waals surface area contributed by atoms with Gasteiger partial charge in [0, 0.05) is 5.75 Å². The number of thioether (sulfide) groups is 1. The molecule has 1 saturated heterocycles. The molecule has 1 N–H and O–H groups in total. The van der Waals surface area contributed by atoms with Crippen LogP contribution in [0.4, 0.5) is 0 Å². The molecule has 200 valence electrons. The van der Waals surface area contributed by atoms with Crippen LogP contribution in [0.1, 0.15) is 22.8 Å². The van der Waals surface area contributed by atoms with Crippen molar-refractivity contribution in [2.24, 2.45) is 0 Å². The second-order valence-electron chi connectivity index (χ2n) is 9.32. The minimum atomic E-state index is -1.48. The molecule has 7 nitrogen and oxygen atoms in total. The Labute approximate surface area is 234 Å². The molecule has 3 aromatic rings. The molecule has 2 unspecified atom stereocenters. The molecule has 0 saturated carbocycles. The molecule has 2 heterocycles. The molecule has 39 heavy (non-hydrogen) atoms. The van der Waals surface area contributed by atoms with Gasteiger partial charge in [0.25, 0.3) is 5.91 Å². The van der Waals surface area contributed by atoms with E-state index in [9.17, 15) is 18.6 Å². The van der Waals surface area contributed by atoms with Crippen molar-refractivity contribution in [3.63, 3.8) is 0 Å². The lowest BCUT2D eigenvalue weighted by atomic mass is 10.0. The minimum Gasteiger partial charge on any atom is -0.448 e. The van der Waals surface area contributed by atoms with Crippen molar-refractivity contribution in [1.29, 1.82) is 0 Å². The molecule has 2 aliphatic heterocycles. The smallest absolute Gasteiger partial charge is 0.356 e. The van der Waals surface area contributed by atoms with Crippen molar-refractivity contribution in [3.8, 4) is 0 Å². The summed E-state index contributed by atoms with van der Waals surface area (Å²) in [6, 6.07) is 27.0. The van der Waals surface area contributed by atoms with E-state index >= 15 is 0 Å². The molecule has 0 aliphatic carbocycles. The Bertz CT molecular complexity index is 1370. The number of nitrogens with zero attached hydrogens (tertiary/aromatic N) is 1. The molecule has 2 amide bonds. The zero-order valence-electron chi connectivity index (χ0n) is 21.3. The summed E-state index contributed by atoms with van der Waals surface area (Å²) in [6.07, 6.45) is 1.29. The quantitative estimate of drug-likeness (QED) is 0.318. The third-order valence-corrected chi connectivity index (χ3v) is 8.96. The normalized spacial score (nSPS) is 20.3. The summed E-state index contributed by atoms with van der Waals surface area (Å²) in [5.41, 5.74) is 3.12. The highest BCUT2D eigenvalue weighted by molar-refractivity contribution is 7.98. The van der Waals surface area contributed by atoms with E-state index in [2.05, 4.69) is 5.32 Å². The number of carbonyl (C=O) groups excluding carboxylic acids is 3. The predicted octanol–water partition coefficient (Wildman–Crippen LogP) is 3.59. The summed E-state index contributed by atoms with van der Waals surface area (Å²) in [5.74, 6) is -0.894. The van der Waals surface area contributed by atoms with Gasteiger partial charge in [-0.2, -0.15) is 11.8 Å². The summed E-state index contributed by atoms with van der Waals surface area (Å²) in [4.78, 5) is 41.1. The third-order valence-electron chi connectivity index (χ3n) is 6.67. The fraction of sp³-hybridized carbons (Fsp3) is 0.233. The molecule has 0 spiro atoms. The molecule has 1 fully saturated rings. The van der Waals surface area contributed by atoms with Crippen LogP contribution in [0, 0.1) is 0 Å². The van der Waals surface area contributed by atoms with Crippen LogP contribution in [0.3, 0.4) is 0 Å². The number of rotatable bonds is 9. The van der Waals surface area contributed by atoms with E-state index in [1.54, 1.807) is 0 Å². The largest absolute Gasteiger partial charge is 0.448 e. The Balaban J connectivity index is 1.40. The van der Waals surface area contributed by atoms with Crippen LogP contribution in [-0.2, 0) is 36.3 Å². The second kappa shape index (κ2) is 12.0. The first-order valence-electron chi connectivity index (χ1n) is 12.5. The van der Waals surface area contributed by atoms with Crippen LogP contribution in [0.2, 0.25) is 0 Å². The fourth-order valence-corrected chi connectivity index (χ4v) is 7.28. The van der Waals surface area contributed by atoms with Gasteiger partial charge in [-0.3, -0.25) is 18.7 Å². The molecular formula is C30H28N2O5S2. The molecule has 0 bridgehead atoms. The van der Waals surface area contributed by atoms with Crippen molar-refractivity contribution in [1.82, 2.24) is 10.2 Å². The van der Waals surface area contributed by atoms with E-state index in [4.69, 9.17) is 4.74 Å². The van der Waals surface area contributed by atoms with Gasteiger partial charge in [-0.05, 0) is 28.5 Å². The highest BCUT2D eigenvalue weighted by atomic mass is 32.2. The standard InChI is InChI=1S/C30H28N2O5S2/c1-38-18-23-19-39(36)29-25(31-24(33)17-20-11-5-2-6-12-20)28(34)32(29)26(23)30(35)37-27(21-13-7-3-8-14-21)22-15-9-4-10-16-22/h2-16,25,27,29H,17-19H2,1H3,(H,31,33)/t25?,29-,39?/m1/s1. The first kappa shape index (κ1) is 26.9. The number of benzene rings is 3. The van der Waals surface area contributed by atoms with Gasteiger partial charge in [-0.15, -0.1) is 0 Å². The number of hydrogen-bond acceptors (Lipinski definition) is 6. The van der Waals surface area contributed by atoms with E-state index in [1.165, 1.54) is 16.7 Å². The summed E-state index contributed by atoms with van der Waals surface area (Å²) < 4.78 is 19.3. The molecule has 3 aromatic carbocycles. The van der Waals surface area contributed by atoms with Crippen molar-refractivity contribution >= 4 is 40.3 Å². The van der Waals surface area contributed by atoms with Crippen LogP contribution in [0.15, 0.2) is 102 Å². The zero-order chi connectivity index (χ0) is 27.4. The topological polar surface area (TPSA) is 92.8 Å². The summed E-state index contributed by atoms with van der Waals surface area (Å²) in [6.45, 7) is 0. The molecular weight excluding hydrogens is 532 g/mol. The number of fused-ring (bicyclic) bond motifs is 1. The van der Waals surface area contributed by atoms with E-state index in [-0.39, 0.29) is 23.8 Å². The van der Waals surface area contributed by atoms with Crippen LogP contribution in [0.25, 0.3) is 0 Å². The molecule has 2 aliphatic rings. The third kappa shape index (κ3) is 5.69. The number of nitrogens with one attached hydrogen (secondary N) is 1. The molecule has 0 aromatic heterocycles. The lowest BCUT2D eigenvalue weighted by Gasteiger charge is -2.49. The maximum Gasteiger partial charge on any atom is 0.356 e. The Kier molecular flexibility index (Phi) is 8.28. The number of esters is 1. The Morgan fingerprint density at radius 1 is 0.974 bits per heavy atom. The SMILES string of the molecule is CSCC1=C(C(=O)OC(c2ccccc2)c2ccccc2)N2C(=O)C(NC(=O)Cc3ccccc3)[C@H]2S(=O)C1. The van der Waals surface area contributed by atoms with Crippen molar-refractivity contribution in [2.75, 3.05) is 17.8 Å². The number of β-lactam (4-membered cyclic amide) rings is 1. The first-order valence-corrected chi connectivity index (χ1v) is 15.3. The van der Waals surface area contributed by atoms with Gasteiger partial charge < -0.3 is 10.1 Å². The monoisotopic (exact) mass is 560 g/mol. The van der Waals surface area contributed by atoms with Gasteiger partial charge in [0.2, 0.25) is 5.91 Å². The predicted molar refractivity (Wildman–Crippen MR) is 152 cm³/mol. The fourth-order valence-electron chi connectivity index (χ4n) is 4.88. The maximum absolute atomic E-state index is 13.8. The molecule has 3 atom stereocenters. The highest BCUT2D eigenvalue weighted by Gasteiger charge is 2.57. The summed E-state index contributed by atoms with van der Waals surface area (Å²) in [7, 11) is -1.48. The minimum absolute atomic E-state index is 0.0995. The number of amides is 2.